The van der Waals surface area contributed by atoms with Gasteiger partial charge in [0.25, 0.3) is 0 Å². The van der Waals surface area contributed by atoms with Crippen LogP contribution in [0.3, 0.4) is 0 Å². The second-order valence-electron chi connectivity index (χ2n) is 4.12. The molecule has 0 spiro atoms. The average Bonchev–Trinajstić information content (AvgIpc) is 2.26. The van der Waals surface area contributed by atoms with Gasteiger partial charge in [-0.15, -0.1) is 0 Å². The third-order valence-corrected chi connectivity index (χ3v) is 3.33. The first-order valence-corrected chi connectivity index (χ1v) is 7.61. The zero-order valence-electron chi connectivity index (χ0n) is 10.2. The van der Waals surface area contributed by atoms with Gasteiger partial charge in [0.1, 0.15) is 0 Å². The van der Waals surface area contributed by atoms with E-state index in [4.69, 9.17) is 4.74 Å². The van der Waals surface area contributed by atoms with Crippen LogP contribution in [0.15, 0.2) is 0 Å². The lowest BCUT2D eigenvalue weighted by Gasteiger charge is -2.32. The molecule has 1 aliphatic rings. The number of ether oxygens (including phenoxy) is 1. The molecule has 1 fully saturated rings. The van der Waals surface area contributed by atoms with Crippen LogP contribution < -0.4 is 5.32 Å². The lowest BCUT2D eigenvalue weighted by Crippen LogP contribution is -2.47. The highest BCUT2D eigenvalue weighted by atomic mass is 32.2. The average molecular weight is 246 g/mol. The molecular weight excluding hydrogens is 224 g/mol. The highest BCUT2D eigenvalue weighted by molar-refractivity contribution is 8.14. The van der Waals surface area contributed by atoms with E-state index in [1.54, 1.807) is 0 Å². The van der Waals surface area contributed by atoms with Crippen molar-refractivity contribution >= 4 is 22.3 Å². The van der Waals surface area contributed by atoms with E-state index in [1.807, 2.05) is 6.26 Å². The first-order chi connectivity index (χ1) is 7.61. The van der Waals surface area contributed by atoms with Crippen molar-refractivity contribution in [3.8, 4) is 0 Å². The molecule has 1 aliphatic heterocycles. The molecule has 0 aromatic carbocycles. The highest BCUT2D eigenvalue weighted by Gasteiger charge is 2.19. The zero-order chi connectivity index (χ0) is 12.0. The van der Waals surface area contributed by atoms with Crippen molar-refractivity contribution in [2.24, 2.45) is 0 Å². The van der Waals surface area contributed by atoms with Crippen LogP contribution >= 0.6 is 10.5 Å². The summed E-state index contributed by atoms with van der Waals surface area (Å²) < 4.78 is 5.60. The largest absolute Gasteiger partial charge is 0.374 e. The molecule has 1 N–H and O–H groups in total. The highest BCUT2D eigenvalue weighted by Crippen LogP contribution is 2.04. The second-order valence-corrected chi connectivity index (χ2v) is 5.97. The summed E-state index contributed by atoms with van der Waals surface area (Å²) in [5, 5.41) is 2.90. The number of hydrogen-bond donors (Lipinski definition) is 1. The van der Waals surface area contributed by atoms with Gasteiger partial charge in [-0.05, 0) is 12.8 Å². The molecule has 4 nitrogen and oxygen atoms in total. The van der Waals surface area contributed by atoms with E-state index in [9.17, 15) is 4.79 Å². The molecule has 0 radical (unpaired) electrons. The van der Waals surface area contributed by atoms with E-state index in [0.29, 0.717) is 12.3 Å². The van der Waals surface area contributed by atoms with Gasteiger partial charge in [-0.25, -0.2) is 0 Å². The van der Waals surface area contributed by atoms with Crippen molar-refractivity contribution < 1.29 is 9.53 Å². The number of amides is 1. The van der Waals surface area contributed by atoms with Gasteiger partial charge in [0.15, 0.2) is 0 Å². The summed E-state index contributed by atoms with van der Waals surface area (Å²) in [4.78, 5) is 13.8. The van der Waals surface area contributed by atoms with Crippen molar-refractivity contribution in [3.05, 3.63) is 0 Å². The molecule has 1 saturated heterocycles. The molecular formula is C11H22N2O2S. The standard InChI is InChI=1S/C11H22N2O2S/c1-4-13-5-6-15-10(8-13)7-12-11(14)9-16(2)3/h10H,2,4-9H2,1,3H3,(H,12,14). The fourth-order valence-corrected chi connectivity index (χ4v) is 2.24. The molecule has 0 bridgehead atoms. The third-order valence-electron chi connectivity index (χ3n) is 2.57. The van der Waals surface area contributed by atoms with E-state index >= 15 is 0 Å². The predicted octanol–water partition coefficient (Wildman–Crippen LogP) is 0.154. The van der Waals surface area contributed by atoms with E-state index in [2.05, 4.69) is 23.0 Å². The topological polar surface area (TPSA) is 41.6 Å². The predicted molar refractivity (Wildman–Crippen MR) is 70.4 cm³/mol. The van der Waals surface area contributed by atoms with Crippen LogP contribution in [-0.2, 0) is 9.53 Å². The Morgan fingerprint density at radius 3 is 3.06 bits per heavy atom. The maximum absolute atomic E-state index is 11.4. The molecule has 1 amide bonds. The molecule has 0 aromatic rings. The van der Waals surface area contributed by atoms with Crippen LogP contribution in [0.1, 0.15) is 6.92 Å². The van der Waals surface area contributed by atoms with Crippen molar-refractivity contribution in [1.29, 1.82) is 0 Å². The quantitative estimate of drug-likeness (QED) is 0.702. The fourth-order valence-electron chi connectivity index (χ4n) is 1.69. The van der Waals surface area contributed by atoms with Gasteiger partial charge in [-0.3, -0.25) is 9.69 Å². The second kappa shape index (κ2) is 7.04. The number of likely N-dealkylation sites (N-methyl/N-ethyl adjacent to an activating group) is 1. The Hall–Kier alpha value is -0.390. The molecule has 94 valence electrons. The summed E-state index contributed by atoms with van der Waals surface area (Å²) in [5.41, 5.74) is 0. The van der Waals surface area contributed by atoms with E-state index in [1.165, 1.54) is 0 Å². The van der Waals surface area contributed by atoms with Crippen LogP contribution in [0, 0.1) is 0 Å². The number of morpholine rings is 1. The lowest BCUT2D eigenvalue weighted by molar-refractivity contribution is -0.119. The number of nitrogens with one attached hydrogen (secondary N) is 1. The van der Waals surface area contributed by atoms with Crippen LogP contribution in [0.5, 0.6) is 0 Å². The van der Waals surface area contributed by atoms with Gasteiger partial charge in [0.2, 0.25) is 5.91 Å². The van der Waals surface area contributed by atoms with Crippen molar-refractivity contribution in [3.63, 3.8) is 0 Å². The SMILES string of the molecule is C=S(C)CC(=O)NCC1CN(CC)CCO1. The number of carbonyl (C=O) groups excluding carboxylic acids is 1. The Morgan fingerprint density at radius 1 is 1.69 bits per heavy atom. The van der Waals surface area contributed by atoms with Crippen LogP contribution in [-0.4, -0.2) is 67.6 Å². The van der Waals surface area contributed by atoms with Gasteiger partial charge in [0, 0.05) is 19.6 Å². The molecule has 1 heterocycles. The van der Waals surface area contributed by atoms with Crippen molar-refractivity contribution in [2.75, 3.05) is 44.8 Å². The fraction of sp³-hybridized carbons (Fsp3) is 0.818. The van der Waals surface area contributed by atoms with Gasteiger partial charge in [0.05, 0.1) is 18.5 Å². The Balaban J connectivity index is 2.21. The van der Waals surface area contributed by atoms with Gasteiger partial charge in [-0.2, -0.15) is 10.5 Å². The maximum Gasteiger partial charge on any atom is 0.229 e. The minimum Gasteiger partial charge on any atom is -0.374 e. The summed E-state index contributed by atoms with van der Waals surface area (Å²) in [5.74, 6) is 4.43. The summed E-state index contributed by atoms with van der Waals surface area (Å²) in [6.45, 7) is 6.49. The molecule has 0 saturated carbocycles. The van der Waals surface area contributed by atoms with Gasteiger partial charge >= 0.3 is 0 Å². The van der Waals surface area contributed by atoms with Crippen molar-refractivity contribution in [1.82, 2.24) is 10.2 Å². The minimum absolute atomic E-state index is 0.0739. The first kappa shape index (κ1) is 13.7. The minimum atomic E-state index is -0.0739. The monoisotopic (exact) mass is 246 g/mol. The molecule has 5 heteroatoms. The molecule has 2 unspecified atom stereocenters. The van der Waals surface area contributed by atoms with E-state index in [-0.39, 0.29) is 22.5 Å². The van der Waals surface area contributed by atoms with Crippen molar-refractivity contribution in [2.45, 2.75) is 13.0 Å². The number of nitrogens with zero attached hydrogens (tertiary/aromatic N) is 1. The summed E-state index contributed by atoms with van der Waals surface area (Å²) >= 11 is 0. The summed E-state index contributed by atoms with van der Waals surface area (Å²) in [6, 6.07) is 0. The Labute approximate surface area is 100 Å². The maximum atomic E-state index is 11.4. The Kier molecular flexibility index (Phi) is 6.01. The van der Waals surface area contributed by atoms with Crippen LogP contribution in [0.4, 0.5) is 0 Å². The number of carbonyl (C=O) groups is 1. The normalized spacial score (nSPS) is 24.0. The first-order valence-electron chi connectivity index (χ1n) is 5.64. The molecule has 0 aromatic heterocycles. The van der Waals surface area contributed by atoms with Crippen LogP contribution in [0.25, 0.3) is 0 Å². The lowest BCUT2D eigenvalue weighted by atomic mass is 10.2. The number of rotatable bonds is 5. The Morgan fingerprint density at radius 2 is 2.44 bits per heavy atom. The molecule has 0 aliphatic carbocycles. The summed E-state index contributed by atoms with van der Waals surface area (Å²) in [6.07, 6.45) is 2.11. The third kappa shape index (κ3) is 5.09. The smallest absolute Gasteiger partial charge is 0.229 e. The van der Waals surface area contributed by atoms with Gasteiger partial charge in [-0.1, -0.05) is 12.8 Å². The van der Waals surface area contributed by atoms with Crippen LogP contribution in [0.2, 0.25) is 0 Å². The van der Waals surface area contributed by atoms with E-state index in [0.717, 1.165) is 26.2 Å². The Bertz CT molecular complexity index is 258. The molecule has 16 heavy (non-hydrogen) atoms. The molecule has 2 atom stereocenters. The van der Waals surface area contributed by atoms with E-state index < -0.39 is 0 Å². The number of hydrogen-bond acceptors (Lipinski definition) is 3. The van der Waals surface area contributed by atoms with Gasteiger partial charge < -0.3 is 10.1 Å². The summed E-state index contributed by atoms with van der Waals surface area (Å²) in [7, 11) is -0.0739. The zero-order valence-corrected chi connectivity index (χ0v) is 11.0. The molecule has 1 rings (SSSR count).